The summed E-state index contributed by atoms with van der Waals surface area (Å²) < 4.78 is 0. The number of benzene rings is 2. The van der Waals surface area contributed by atoms with Gasteiger partial charge in [0.25, 0.3) is 11.8 Å². The first-order valence-corrected chi connectivity index (χ1v) is 8.14. The summed E-state index contributed by atoms with van der Waals surface area (Å²) in [5.74, 6) is -0.181. The Labute approximate surface area is 153 Å². The van der Waals surface area contributed by atoms with Gasteiger partial charge in [-0.25, -0.2) is 0 Å². The van der Waals surface area contributed by atoms with Gasteiger partial charge < -0.3 is 16.0 Å². The van der Waals surface area contributed by atoms with E-state index < -0.39 is 0 Å². The predicted molar refractivity (Wildman–Crippen MR) is 102 cm³/mol. The van der Waals surface area contributed by atoms with Crippen molar-refractivity contribution in [2.45, 2.75) is 19.4 Å². The summed E-state index contributed by atoms with van der Waals surface area (Å²) in [6, 6.07) is 13.0. The summed E-state index contributed by atoms with van der Waals surface area (Å²) >= 11 is 0. The molecule has 2 aromatic carbocycles. The van der Waals surface area contributed by atoms with E-state index in [0.717, 1.165) is 41.8 Å². The van der Waals surface area contributed by atoms with Crippen molar-refractivity contribution in [3.63, 3.8) is 0 Å². The molecular formula is C19H22ClN3O2. The van der Waals surface area contributed by atoms with Crippen LogP contribution in [0.5, 0.6) is 0 Å². The third kappa shape index (κ3) is 4.31. The molecule has 1 aliphatic heterocycles. The van der Waals surface area contributed by atoms with Crippen molar-refractivity contribution in [2.75, 3.05) is 18.9 Å². The maximum atomic E-state index is 12.5. The van der Waals surface area contributed by atoms with E-state index in [-0.39, 0.29) is 24.2 Å². The van der Waals surface area contributed by atoms with Crippen molar-refractivity contribution < 1.29 is 9.59 Å². The zero-order valence-corrected chi connectivity index (χ0v) is 14.9. The average Bonchev–Trinajstić information content (AvgIpc) is 2.65. The minimum Gasteiger partial charge on any atom is -0.385 e. The highest BCUT2D eigenvalue weighted by Gasteiger charge is 2.17. The molecule has 0 fully saturated rings. The molecule has 0 aliphatic carbocycles. The Morgan fingerprint density at radius 1 is 1.08 bits per heavy atom. The minimum absolute atomic E-state index is 0. The highest BCUT2D eigenvalue weighted by Crippen LogP contribution is 2.25. The van der Waals surface area contributed by atoms with E-state index in [2.05, 4.69) is 16.0 Å². The van der Waals surface area contributed by atoms with Gasteiger partial charge in [0.1, 0.15) is 0 Å². The van der Waals surface area contributed by atoms with Gasteiger partial charge in [-0.2, -0.15) is 0 Å². The summed E-state index contributed by atoms with van der Waals surface area (Å²) in [7, 11) is 1.60. The van der Waals surface area contributed by atoms with Crippen LogP contribution >= 0.6 is 12.4 Å². The van der Waals surface area contributed by atoms with E-state index in [0.29, 0.717) is 12.1 Å². The van der Waals surface area contributed by atoms with Crippen LogP contribution in [0, 0.1) is 0 Å². The van der Waals surface area contributed by atoms with Crippen molar-refractivity contribution in [2.24, 2.45) is 0 Å². The number of fused-ring (bicyclic) bond motifs is 1. The standard InChI is InChI=1S/C19H21N3O2.ClH/c1-20-18(23)14-9-7-13(8-10-14)12-22-19(24)16-4-2-6-17-15(16)5-3-11-21-17;/h2,4,6-10,21H,3,5,11-12H2,1H3,(H,20,23)(H,22,24);1H. The Hall–Kier alpha value is -2.53. The van der Waals surface area contributed by atoms with Gasteiger partial charge in [-0.3, -0.25) is 9.59 Å². The highest BCUT2D eigenvalue weighted by molar-refractivity contribution is 5.97. The Bertz CT molecular complexity index is 760. The van der Waals surface area contributed by atoms with E-state index in [9.17, 15) is 9.59 Å². The molecule has 0 spiro atoms. The van der Waals surface area contributed by atoms with Gasteiger partial charge >= 0.3 is 0 Å². The van der Waals surface area contributed by atoms with Crippen LogP contribution < -0.4 is 16.0 Å². The van der Waals surface area contributed by atoms with E-state index in [1.165, 1.54) is 0 Å². The molecule has 0 atom stereocenters. The SMILES string of the molecule is CNC(=O)c1ccc(CNC(=O)c2cccc3c2CCCN3)cc1.Cl. The summed E-state index contributed by atoms with van der Waals surface area (Å²) in [5, 5.41) is 8.88. The third-order valence-corrected chi connectivity index (χ3v) is 4.24. The predicted octanol–water partition coefficient (Wildman–Crippen LogP) is 2.76. The molecule has 6 heteroatoms. The molecule has 1 heterocycles. The summed E-state index contributed by atoms with van der Waals surface area (Å²) in [6.45, 7) is 1.39. The molecule has 25 heavy (non-hydrogen) atoms. The van der Waals surface area contributed by atoms with Crippen LogP contribution in [0.15, 0.2) is 42.5 Å². The lowest BCUT2D eigenvalue weighted by Gasteiger charge is -2.20. The molecule has 2 aromatic rings. The fraction of sp³-hybridized carbons (Fsp3) is 0.263. The molecule has 132 valence electrons. The smallest absolute Gasteiger partial charge is 0.251 e. The summed E-state index contributed by atoms with van der Waals surface area (Å²) in [5.41, 5.74) is 4.46. The largest absolute Gasteiger partial charge is 0.385 e. The van der Waals surface area contributed by atoms with Crippen LogP contribution in [0.4, 0.5) is 5.69 Å². The van der Waals surface area contributed by atoms with E-state index in [1.54, 1.807) is 19.2 Å². The number of rotatable bonds is 4. The van der Waals surface area contributed by atoms with Crippen LogP contribution in [-0.4, -0.2) is 25.4 Å². The van der Waals surface area contributed by atoms with Gasteiger partial charge in [0, 0.05) is 37.0 Å². The maximum absolute atomic E-state index is 12.5. The number of halogens is 1. The first-order chi connectivity index (χ1) is 11.7. The third-order valence-electron chi connectivity index (χ3n) is 4.24. The molecule has 0 radical (unpaired) electrons. The van der Waals surface area contributed by atoms with Crippen molar-refractivity contribution in [1.29, 1.82) is 0 Å². The molecule has 3 N–H and O–H groups in total. The summed E-state index contributed by atoms with van der Waals surface area (Å²) in [6.07, 6.45) is 1.96. The lowest BCUT2D eigenvalue weighted by Crippen LogP contribution is -2.25. The number of hydrogen-bond acceptors (Lipinski definition) is 3. The Morgan fingerprint density at radius 3 is 2.56 bits per heavy atom. The fourth-order valence-electron chi connectivity index (χ4n) is 2.92. The van der Waals surface area contributed by atoms with Gasteiger partial charge in [0.05, 0.1) is 0 Å². The lowest BCUT2D eigenvalue weighted by molar-refractivity contribution is 0.0945. The van der Waals surface area contributed by atoms with Crippen LogP contribution in [0.3, 0.4) is 0 Å². The van der Waals surface area contributed by atoms with Crippen LogP contribution in [0.2, 0.25) is 0 Å². The maximum Gasteiger partial charge on any atom is 0.251 e. The molecule has 0 unspecified atom stereocenters. The van der Waals surface area contributed by atoms with E-state index in [1.807, 2.05) is 30.3 Å². The number of anilines is 1. The van der Waals surface area contributed by atoms with Crippen molar-refractivity contribution in [3.8, 4) is 0 Å². The Morgan fingerprint density at radius 2 is 1.84 bits per heavy atom. The second kappa shape index (κ2) is 8.53. The molecule has 0 aromatic heterocycles. The van der Waals surface area contributed by atoms with Crippen LogP contribution in [0.1, 0.15) is 38.3 Å². The van der Waals surface area contributed by atoms with E-state index in [4.69, 9.17) is 0 Å². The van der Waals surface area contributed by atoms with Crippen molar-refractivity contribution >= 4 is 29.9 Å². The molecule has 1 aliphatic rings. The quantitative estimate of drug-likeness (QED) is 0.786. The number of hydrogen-bond donors (Lipinski definition) is 3. The first-order valence-electron chi connectivity index (χ1n) is 8.14. The molecule has 5 nitrogen and oxygen atoms in total. The van der Waals surface area contributed by atoms with Gasteiger partial charge in [-0.15, -0.1) is 12.4 Å². The highest BCUT2D eigenvalue weighted by atomic mass is 35.5. The van der Waals surface area contributed by atoms with Gasteiger partial charge in [0.15, 0.2) is 0 Å². The average molecular weight is 360 g/mol. The van der Waals surface area contributed by atoms with Crippen LogP contribution in [-0.2, 0) is 13.0 Å². The number of amides is 2. The van der Waals surface area contributed by atoms with Gasteiger partial charge in [-0.1, -0.05) is 18.2 Å². The first kappa shape index (κ1) is 18.8. The second-order valence-corrected chi connectivity index (χ2v) is 5.82. The van der Waals surface area contributed by atoms with E-state index >= 15 is 0 Å². The molecule has 3 rings (SSSR count). The van der Waals surface area contributed by atoms with Crippen molar-refractivity contribution in [1.82, 2.24) is 10.6 Å². The second-order valence-electron chi connectivity index (χ2n) is 5.82. The number of carbonyl (C=O) groups is 2. The van der Waals surface area contributed by atoms with Gasteiger partial charge in [-0.05, 0) is 48.2 Å². The van der Waals surface area contributed by atoms with Crippen LogP contribution in [0.25, 0.3) is 0 Å². The number of carbonyl (C=O) groups excluding carboxylic acids is 2. The van der Waals surface area contributed by atoms with Crippen molar-refractivity contribution in [3.05, 3.63) is 64.7 Å². The molecule has 0 saturated carbocycles. The van der Waals surface area contributed by atoms with Gasteiger partial charge in [0.2, 0.25) is 0 Å². The molecule has 0 saturated heterocycles. The zero-order valence-electron chi connectivity index (χ0n) is 14.1. The lowest BCUT2D eigenvalue weighted by atomic mass is 9.97. The summed E-state index contributed by atoms with van der Waals surface area (Å²) in [4.78, 5) is 24.0. The zero-order chi connectivity index (χ0) is 16.9. The number of nitrogens with one attached hydrogen (secondary N) is 3. The normalized spacial score (nSPS) is 12.2. The Kier molecular flexibility index (Phi) is 6.42. The monoisotopic (exact) mass is 359 g/mol. The molecule has 2 amide bonds. The topological polar surface area (TPSA) is 70.2 Å². The minimum atomic E-state index is -0.117. The fourth-order valence-corrected chi connectivity index (χ4v) is 2.92. The molecular weight excluding hydrogens is 338 g/mol. The molecule has 0 bridgehead atoms. The Balaban J connectivity index is 0.00000225.